The minimum absolute atomic E-state index is 0.336. The van der Waals surface area contributed by atoms with E-state index in [1.165, 1.54) is 22.3 Å². The zero-order chi connectivity index (χ0) is 26.5. The van der Waals surface area contributed by atoms with Crippen LogP contribution in [-0.2, 0) is 11.2 Å². The third kappa shape index (κ3) is 5.69. The Balaban J connectivity index is 1.08. The number of carbonyl (C=O) groups excluding carboxylic acids is 1. The van der Waals surface area contributed by atoms with Gasteiger partial charge < -0.3 is 14.6 Å². The first-order valence-electron chi connectivity index (χ1n) is 13.0. The largest absolute Gasteiger partial charge is 0.462 e. The summed E-state index contributed by atoms with van der Waals surface area (Å²) in [6.07, 6.45) is 8.93. The fourth-order valence-corrected chi connectivity index (χ4v) is 5.70. The zero-order valence-electron chi connectivity index (χ0n) is 21.7. The Kier molecular flexibility index (Phi) is 7.96. The number of hydrogen-bond donors (Lipinski definition) is 1. The second-order valence-electron chi connectivity index (χ2n) is 9.37. The molecule has 1 N–H and O–H groups in total. The predicted molar refractivity (Wildman–Crippen MR) is 150 cm³/mol. The van der Waals surface area contributed by atoms with Crippen molar-refractivity contribution in [1.82, 2.24) is 24.8 Å². The first-order chi connectivity index (χ1) is 18.6. The lowest BCUT2D eigenvalue weighted by Gasteiger charge is -2.34. The van der Waals surface area contributed by atoms with Crippen LogP contribution in [0.15, 0.2) is 36.8 Å². The van der Waals surface area contributed by atoms with Gasteiger partial charge in [-0.1, -0.05) is 6.07 Å². The van der Waals surface area contributed by atoms with E-state index in [1.807, 2.05) is 25.1 Å². The van der Waals surface area contributed by atoms with Crippen LogP contribution < -0.4 is 4.90 Å². The average molecular weight is 530 g/mol. The fourth-order valence-electron chi connectivity index (χ4n) is 4.77. The van der Waals surface area contributed by atoms with Gasteiger partial charge in [-0.3, -0.25) is 4.90 Å². The summed E-state index contributed by atoms with van der Waals surface area (Å²) in [7, 11) is 0. The third-order valence-corrected chi connectivity index (χ3v) is 8.03. The highest BCUT2D eigenvalue weighted by atomic mass is 32.1. The molecule has 0 spiro atoms. The average Bonchev–Trinajstić information content (AvgIpc) is 3.54. The number of aryl methyl sites for hydroxylation is 2. The minimum atomic E-state index is -0.336. The van der Waals surface area contributed by atoms with Crippen LogP contribution in [0, 0.1) is 13.5 Å². The van der Waals surface area contributed by atoms with Gasteiger partial charge in [0.2, 0.25) is 5.95 Å². The van der Waals surface area contributed by atoms with Gasteiger partial charge in [0.1, 0.15) is 9.88 Å². The molecule has 38 heavy (non-hydrogen) atoms. The number of ether oxygens (including phenoxy) is 1. The molecule has 4 heterocycles. The Bertz CT molecular complexity index is 1450. The Labute approximate surface area is 226 Å². The van der Waals surface area contributed by atoms with E-state index in [0.717, 1.165) is 74.0 Å². The number of rotatable bonds is 9. The summed E-state index contributed by atoms with van der Waals surface area (Å²) in [5, 5.41) is 1.89. The van der Waals surface area contributed by atoms with Crippen molar-refractivity contribution in [1.29, 1.82) is 0 Å². The normalized spacial score (nSPS) is 14.1. The fraction of sp³-hybridized carbons (Fsp3) is 0.393. The first-order valence-corrected chi connectivity index (χ1v) is 13.8. The van der Waals surface area contributed by atoms with Gasteiger partial charge in [-0.15, -0.1) is 11.3 Å². The molecule has 0 unspecified atom stereocenters. The smallest absolute Gasteiger partial charge is 0.350 e. The number of H-pyrrole nitrogens is 1. The number of benzene rings is 1. The number of aromatic amines is 1. The Morgan fingerprint density at radius 2 is 1.97 bits per heavy atom. The van der Waals surface area contributed by atoms with Gasteiger partial charge in [0.25, 0.3) is 0 Å². The number of aromatic nitrogens is 4. The topological polar surface area (TPSA) is 91.6 Å². The van der Waals surface area contributed by atoms with Gasteiger partial charge in [0, 0.05) is 55.8 Å². The van der Waals surface area contributed by atoms with Crippen LogP contribution in [0.3, 0.4) is 0 Å². The van der Waals surface area contributed by atoms with Gasteiger partial charge in [-0.2, -0.15) is 0 Å². The molecule has 1 fully saturated rings. The van der Waals surface area contributed by atoms with Crippen molar-refractivity contribution in [2.75, 3.05) is 44.2 Å². The molecule has 0 aliphatic carbocycles. The highest BCUT2D eigenvalue weighted by molar-refractivity contribution is 7.17. The molecule has 196 valence electrons. The predicted octanol–water partition coefficient (Wildman–Crippen LogP) is 5.26. The van der Waals surface area contributed by atoms with Crippen molar-refractivity contribution in [2.24, 2.45) is 0 Å². The van der Waals surface area contributed by atoms with E-state index >= 15 is 0 Å². The lowest BCUT2D eigenvalue weighted by Crippen LogP contribution is -2.47. The number of carbonyl (C=O) groups is 1. The minimum Gasteiger partial charge on any atom is -0.462 e. The maximum absolute atomic E-state index is 12.1. The van der Waals surface area contributed by atoms with E-state index in [9.17, 15) is 4.79 Å². The SMILES string of the molecule is [C-]#[N+]c1ccc2[nH]cc(CCCCN3CCN(c4ncc(-c5nc(C)c(C(=O)OCC)s5)cn4)CC3)c2c1. The maximum Gasteiger partial charge on any atom is 0.350 e. The molecule has 1 saturated heterocycles. The van der Waals surface area contributed by atoms with E-state index in [2.05, 4.69) is 40.8 Å². The molecule has 0 atom stereocenters. The van der Waals surface area contributed by atoms with Gasteiger partial charge >= 0.3 is 5.97 Å². The first kappa shape index (κ1) is 25.8. The lowest BCUT2D eigenvalue weighted by molar-refractivity contribution is 0.0531. The van der Waals surface area contributed by atoms with E-state index in [1.54, 1.807) is 19.3 Å². The van der Waals surface area contributed by atoms with Crippen LogP contribution in [0.2, 0.25) is 0 Å². The van der Waals surface area contributed by atoms with E-state index < -0.39 is 0 Å². The number of unbranched alkanes of at least 4 members (excludes halogenated alkanes) is 1. The molecular formula is C28H31N7O2S. The summed E-state index contributed by atoms with van der Waals surface area (Å²) in [5.41, 5.74) is 4.55. The summed E-state index contributed by atoms with van der Waals surface area (Å²) >= 11 is 1.31. The summed E-state index contributed by atoms with van der Waals surface area (Å²) in [6, 6.07) is 5.84. The molecule has 5 rings (SSSR count). The van der Waals surface area contributed by atoms with Gasteiger partial charge in [-0.25, -0.2) is 24.6 Å². The van der Waals surface area contributed by atoms with Crippen LogP contribution in [0.4, 0.5) is 11.6 Å². The monoisotopic (exact) mass is 529 g/mol. The summed E-state index contributed by atoms with van der Waals surface area (Å²) in [6.45, 7) is 16.0. The number of thiazole rings is 1. The van der Waals surface area contributed by atoms with Crippen molar-refractivity contribution in [3.8, 4) is 10.6 Å². The second kappa shape index (κ2) is 11.7. The summed E-state index contributed by atoms with van der Waals surface area (Å²) < 4.78 is 5.12. The molecule has 0 saturated carbocycles. The van der Waals surface area contributed by atoms with Crippen LogP contribution >= 0.6 is 11.3 Å². The number of fused-ring (bicyclic) bond motifs is 1. The molecule has 0 amide bonds. The van der Waals surface area contributed by atoms with Gasteiger partial charge in [0.15, 0.2) is 5.69 Å². The Morgan fingerprint density at radius 1 is 1.18 bits per heavy atom. The zero-order valence-corrected chi connectivity index (χ0v) is 22.6. The highest BCUT2D eigenvalue weighted by Crippen LogP contribution is 2.28. The van der Waals surface area contributed by atoms with Crippen molar-refractivity contribution in [3.63, 3.8) is 0 Å². The Hall–Kier alpha value is -3.81. The molecule has 1 aromatic carbocycles. The van der Waals surface area contributed by atoms with Gasteiger partial charge in [0.05, 0.1) is 18.9 Å². The molecular weight excluding hydrogens is 498 g/mol. The molecule has 3 aromatic heterocycles. The number of esters is 1. The van der Waals surface area contributed by atoms with E-state index in [-0.39, 0.29) is 5.97 Å². The van der Waals surface area contributed by atoms with Crippen molar-refractivity contribution in [2.45, 2.75) is 33.1 Å². The van der Waals surface area contributed by atoms with Crippen LogP contribution in [-0.4, -0.2) is 70.1 Å². The third-order valence-electron chi connectivity index (χ3n) is 6.85. The van der Waals surface area contributed by atoms with Crippen molar-refractivity contribution in [3.05, 3.63) is 64.3 Å². The number of nitrogens with zero attached hydrogens (tertiary/aromatic N) is 6. The Morgan fingerprint density at radius 3 is 2.71 bits per heavy atom. The molecule has 10 heteroatoms. The maximum atomic E-state index is 12.1. The standard InChI is InChI=1S/C28H31N7O2S/c1-4-37-27(36)25-19(2)33-26(38-25)21-17-31-28(32-18-21)35-13-11-34(12-14-35)10-6-5-7-20-16-30-24-9-8-22(29-3)15-23(20)24/h8-9,15-18,30H,4-7,10-14H2,1-2H3. The summed E-state index contributed by atoms with van der Waals surface area (Å²) in [5.74, 6) is 0.391. The molecule has 0 bridgehead atoms. The van der Waals surface area contributed by atoms with Crippen LogP contribution in [0.5, 0.6) is 0 Å². The van der Waals surface area contributed by atoms with Crippen molar-refractivity contribution >= 4 is 39.8 Å². The number of anilines is 1. The number of nitrogens with one attached hydrogen (secondary N) is 1. The van der Waals surface area contributed by atoms with E-state index in [4.69, 9.17) is 11.3 Å². The lowest BCUT2D eigenvalue weighted by atomic mass is 10.1. The number of hydrogen-bond acceptors (Lipinski definition) is 8. The number of piperazine rings is 1. The van der Waals surface area contributed by atoms with Gasteiger partial charge in [-0.05, 0) is 62.7 Å². The molecule has 9 nitrogen and oxygen atoms in total. The molecule has 4 aromatic rings. The van der Waals surface area contributed by atoms with E-state index in [0.29, 0.717) is 22.9 Å². The summed E-state index contributed by atoms with van der Waals surface area (Å²) in [4.78, 5) is 37.9. The molecule has 1 aliphatic heterocycles. The molecule has 0 radical (unpaired) electrons. The van der Waals surface area contributed by atoms with Crippen LogP contribution in [0.25, 0.3) is 26.3 Å². The quantitative estimate of drug-likeness (QED) is 0.180. The molecule has 1 aliphatic rings. The second-order valence-corrected chi connectivity index (χ2v) is 10.4. The van der Waals surface area contributed by atoms with Crippen LogP contribution in [0.1, 0.15) is 40.7 Å². The highest BCUT2D eigenvalue weighted by Gasteiger charge is 2.20. The van der Waals surface area contributed by atoms with Crippen molar-refractivity contribution < 1.29 is 9.53 Å².